The molecule has 5 nitrogen and oxygen atoms in total. The smallest absolute Gasteiger partial charge is 0.137 e. The molecule has 0 amide bonds. The van der Waals surface area contributed by atoms with Gasteiger partial charge in [-0.1, -0.05) is 35.9 Å². The van der Waals surface area contributed by atoms with Gasteiger partial charge in [0.15, 0.2) is 0 Å². The van der Waals surface area contributed by atoms with Gasteiger partial charge in [0.25, 0.3) is 0 Å². The number of piperazine rings is 1. The second-order valence-corrected chi connectivity index (χ2v) is 9.14. The maximum Gasteiger partial charge on any atom is 0.137 e. The van der Waals surface area contributed by atoms with Gasteiger partial charge in [0.2, 0.25) is 0 Å². The third-order valence-electron chi connectivity index (χ3n) is 6.60. The number of fused-ring (bicyclic) bond motifs is 1. The van der Waals surface area contributed by atoms with Crippen molar-refractivity contribution in [3.63, 3.8) is 0 Å². The Morgan fingerprint density at radius 3 is 2.18 bits per heavy atom. The Balaban J connectivity index is 1.64. The maximum absolute atomic E-state index is 9.13. The molecule has 1 aliphatic heterocycles. The quantitative estimate of drug-likeness (QED) is 0.407. The molecule has 33 heavy (non-hydrogen) atoms. The van der Waals surface area contributed by atoms with Gasteiger partial charge in [-0.3, -0.25) is 4.90 Å². The molecule has 0 saturated carbocycles. The minimum atomic E-state index is 0.204. The summed E-state index contributed by atoms with van der Waals surface area (Å²) in [4.78, 5) is 9.96. The second-order valence-electron chi connectivity index (χ2n) is 8.70. The van der Waals surface area contributed by atoms with Crippen LogP contribution in [0.15, 0.2) is 66.9 Å². The van der Waals surface area contributed by atoms with Crippen LogP contribution in [0.2, 0.25) is 5.02 Å². The Labute approximate surface area is 199 Å². The van der Waals surface area contributed by atoms with E-state index in [0.29, 0.717) is 5.56 Å². The molecule has 1 atom stereocenters. The number of hydrogen-bond acceptors (Lipinski definition) is 4. The fourth-order valence-electron chi connectivity index (χ4n) is 4.57. The lowest BCUT2D eigenvalue weighted by atomic mass is 10.0. The molecular weight excluding hydrogens is 430 g/mol. The number of imidazole rings is 1. The standard InChI is InChI=1S/C27H26ClN5/c1-19(32-15-13-31(2)14-16-32)27-26(22-7-10-24(28)11-8-22)30-25-12-9-23(18-33(25)27)21-5-3-20(17-29)4-6-21/h3-12,18-19H,13-16H2,1-2H3. The molecule has 166 valence electrons. The zero-order valence-electron chi connectivity index (χ0n) is 18.9. The Morgan fingerprint density at radius 2 is 1.52 bits per heavy atom. The monoisotopic (exact) mass is 455 g/mol. The number of halogens is 1. The number of nitrogens with zero attached hydrogens (tertiary/aromatic N) is 5. The number of nitriles is 1. The van der Waals surface area contributed by atoms with E-state index in [-0.39, 0.29) is 6.04 Å². The van der Waals surface area contributed by atoms with Crippen LogP contribution in [-0.2, 0) is 0 Å². The van der Waals surface area contributed by atoms with Crippen molar-refractivity contribution in [3.05, 3.63) is 83.1 Å². The molecule has 0 radical (unpaired) electrons. The highest BCUT2D eigenvalue weighted by Gasteiger charge is 2.26. The molecule has 5 rings (SSSR count). The summed E-state index contributed by atoms with van der Waals surface area (Å²) in [7, 11) is 2.18. The fraction of sp³-hybridized carbons (Fsp3) is 0.259. The molecule has 6 heteroatoms. The molecule has 0 aliphatic carbocycles. The van der Waals surface area contributed by atoms with Crippen molar-refractivity contribution < 1.29 is 0 Å². The molecule has 4 aromatic rings. The van der Waals surface area contributed by atoms with E-state index in [1.807, 2.05) is 48.5 Å². The molecule has 2 aromatic carbocycles. The highest BCUT2D eigenvalue weighted by atomic mass is 35.5. The lowest BCUT2D eigenvalue weighted by Crippen LogP contribution is -2.45. The lowest BCUT2D eigenvalue weighted by Gasteiger charge is -2.36. The van der Waals surface area contributed by atoms with Crippen LogP contribution in [0.4, 0.5) is 0 Å². The Hall–Kier alpha value is -3.17. The molecule has 1 unspecified atom stereocenters. The number of pyridine rings is 1. The summed E-state index contributed by atoms with van der Waals surface area (Å²) < 4.78 is 2.24. The van der Waals surface area contributed by atoms with Gasteiger partial charge < -0.3 is 9.30 Å². The minimum Gasteiger partial charge on any atom is -0.304 e. The highest BCUT2D eigenvalue weighted by molar-refractivity contribution is 6.30. The van der Waals surface area contributed by atoms with E-state index < -0.39 is 0 Å². The van der Waals surface area contributed by atoms with Crippen LogP contribution in [0.3, 0.4) is 0 Å². The van der Waals surface area contributed by atoms with Crippen LogP contribution in [0.5, 0.6) is 0 Å². The van der Waals surface area contributed by atoms with Crippen molar-refractivity contribution in [3.8, 4) is 28.5 Å². The molecule has 3 heterocycles. The van der Waals surface area contributed by atoms with Gasteiger partial charge in [-0.15, -0.1) is 0 Å². The average Bonchev–Trinajstić information content (AvgIpc) is 3.23. The first kappa shape index (κ1) is 21.7. The van der Waals surface area contributed by atoms with Gasteiger partial charge in [-0.05, 0) is 61.5 Å². The van der Waals surface area contributed by atoms with E-state index in [0.717, 1.165) is 59.2 Å². The van der Waals surface area contributed by atoms with Gasteiger partial charge in [0.05, 0.1) is 23.0 Å². The van der Waals surface area contributed by atoms with Crippen LogP contribution in [0.1, 0.15) is 24.2 Å². The molecular formula is C27H26ClN5. The van der Waals surface area contributed by atoms with Crippen LogP contribution < -0.4 is 0 Å². The summed E-state index contributed by atoms with van der Waals surface area (Å²) in [6, 6.07) is 22.2. The molecule has 1 fully saturated rings. The van der Waals surface area contributed by atoms with Gasteiger partial charge in [0.1, 0.15) is 5.65 Å². The second kappa shape index (κ2) is 8.99. The maximum atomic E-state index is 9.13. The Bertz CT molecular complexity index is 1310. The molecule has 1 aliphatic rings. The third kappa shape index (κ3) is 4.26. The van der Waals surface area contributed by atoms with Crippen molar-refractivity contribution in [1.29, 1.82) is 5.26 Å². The molecule has 0 bridgehead atoms. The number of aromatic nitrogens is 2. The topological polar surface area (TPSA) is 47.6 Å². The molecule has 1 saturated heterocycles. The zero-order valence-corrected chi connectivity index (χ0v) is 19.6. The summed E-state index contributed by atoms with van der Waals surface area (Å²) in [5.74, 6) is 0. The first-order valence-electron chi connectivity index (χ1n) is 11.2. The van der Waals surface area contributed by atoms with Gasteiger partial charge >= 0.3 is 0 Å². The summed E-state index contributed by atoms with van der Waals surface area (Å²) >= 11 is 6.17. The Kier molecular flexibility index (Phi) is 5.90. The van der Waals surface area contributed by atoms with E-state index in [4.69, 9.17) is 21.8 Å². The summed E-state index contributed by atoms with van der Waals surface area (Å²) in [5, 5.41) is 9.85. The van der Waals surface area contributed by atoms with E-state index >= 15 is 0 Å². The zero-order chi connectivity index (χ0) is 22.9. The first-order valence-corrected chi connectivity index (χ1v) is 11.6. The number of benzene rings is 2. The lowest BCUT2D eigenvalue weighted by molar-refractivity contribution is 0.117. The average molecular weight is 456 g/mol. The summed E-state index contributed by atoms with van der Waals surface area (Å²) in [6.07, 6.45) is 2.17. The van der Waals surface area contributed by atoms with Crippen molar-refractivity contribution in [2.45, 2.75) is 13.0 Å². The molecule has 0 N–H and O–H groups in total. The van der Waals surface area contributed by atoms with Crippen LogP contribution in [0.25, 0.3) is 28.0 Å². The van der Waals surface area contributed by atoms with Crippen LogP contribution >= 0.6 is 11.6 Å². The first-order chi connectivity index (χ1) is 16.0. The van der Waals surface area contributed by atoms with Crippen molar-refractivity contribution in [2.75, 3.05) is 33.2 Å². The van der Waals surface area contributed by atoms with Crippen LogP contribution in [-0.4, -0.2) is 52.4 Å². The van der Waals surface area contributed by atoms with Crippen molar-refractivity contribution >= 4 is 17.2 Å². The summed E-state index contributed by atoms with van der Waals surface area (Å²) in [6.45, 7) is 6.46. The van der Waals surface area contributed by atoms with Gasteiger partial charge in [0, 0.05) is 49.0 Å². The normalized spacial score (nSPS) is 16.1. The third-order valence-corrected chi connectivity index (χ3v) is 6.85. The van der Waals surface area contributed by atoms with Gasteiger partial charge in [-0.25, -0.2) is 4.98 Å². The number of likely N-dealkylation sites (N-methyl/N-ethyl adjacent to an activating group) is 1. The van der Waals surface area contributed by atoms with Crippen LogP contribution in [0, 0.1) is 11.3 Å². The van der Waals surface area contributed by atoms with E-state index in [1.165, 1.54) is 5.69 Å². The molecule has 2 aromatic heterocycles. The minimum absolute atomic E-state index is 0.204. The van der Waals surface area contributed by atoms with E-state index in [2.05, 4.69) is 52.6 Å². The SMILES string of the molecule is CC(c1c(-c2ccc(Cl)cc2)nc2ccc(-c3ccc(C#N)cc3)cn12)N1CCN(C)CC1. The summed E-state index contributed by atoms with van der Waals surface area (Å²) in [5.41, 5.74) is 7.02. The Morgan fingerprint density at radius 1 is 0.879 bits per heavy atom. The predicted octanol–water partition coefficient (Wildman–Crippen LogP) is 5.50. The number of hydrogen-bond donors (Lipinski definition) is 0. The van der Waals surface area contributed by atoms with Crippen molar-refractivity contribution in [2.24, 2.45) is 0 Å². The number of rotatable bonds is 4. The largest absolute Gasteiger partial charge is 0.304 e. The highest BCUT2D eigenvalue weighted by Crippen LogP contribution is 2.34. The van der Waals surface area contributed by atoms with E-state index in [9.17, 15) is 0 Å². The van der Waals surface area contributed by atoms with Gasteiger partial charge in [-0.2, -0.15) is 5.26 Å². The fourth-order valence-corrected chi connectivity index (χ4v) is 4.70. The molecule has 0 spiro atoms. The van der Waals surface area contributed by atoms with E-state index in [1.54, 1.807) is 0 Å². The van der Waals surface area contributed by atoms with Crippen molar-refractivity contribution in [1.82, 2.24) is 19.2 Å². The predicted molar refractivity (Wildman–Crippen MR) is 133 cm³/mol.